The standard InChI is InChI=1S/C17H15NO4.C16H12BrNO3.C16H13NO3.C15H13NO4S.C14H11NO4S.C14H11NO3S.C13H9NO3S/c1-11-6-8-12(9-7-11)16-14(18(19)20)10-13-4-3-5-15(21-2)17(13)22-16;1-10-4-2-3-5-13(10)16-14(18(19)20)9-11-8-12(17)6-7-15(11)21-16;1-11-6-2-4-8-13(11)16-14(17(18)19)10-12-7-3-5-9-15(12)20-16;1-9-6-11(8-21-9)14-12(16(17)18)7-10-4-3-5-13(19-2)15(10)20-14;1-18-11-5-2-4-9-8-10(15(16)17)14(19-13(9)11)12-6-3-7-20-12;1-9-3-2-4-10-7-12(15(16)17)14(18-13(9)10)11-5-6-19-8-11;15-14(16)10-8-9-4-1-2-5-11(9)17-13(10)12-6-3-7-18-12/h3-10,16H,1-2H3;2-9,16H,1H3;2-10,16H,1H3;3-8,14H,1-2H3;2-8,14H,1H3;2-8,14H,1H3;1-8,13H. The summed E-state index contributed by atoms with van der Waals surface area (Å²) in [6, 6.07) is 75.5. The largest absolute Gasteiger partial charge is 0.493 e. The summed E-state index contributed by atoms with van der Waals surface area (Å²) in [5.41, 5.74) is 13.3. The minimum absolute atomic E-state index is 0.0182. The fraction of sp³-hybridized carbons (Fsp3) is 0.143. The molecule has 7 aliphatic rings. The van der Waals surface area contributed by atoms with Crippen molar-refractivity contribution in [1.29, 1.82) is 0 Å². The van der Waals surface area contributed by atoms with Crippen LogP contribution in [0.15, 0.2) is 320 Å². The molecule has 10 aromatic carbocycles. The third-order valence-electron chi connectivity index (χ3n) is 22.7. The number of halogens is 1. The van der Waals surface area contributed by atoms with E-state index in [-0.39, 0.29) is 64.5 Å². The van der Waals surface area contributed by atoms with Crippen LogP contribution in [-0.4, -0.2) is 55.8 Å². The van der Waals surface area contributed by atoms with E-state index in [1.165, 1.54) is 34.0 Å². The zero-order chi connectivity index (χ0) is 99.8. The lowest BCUT2D eigenvalue weighted by Gasteiger charge is -2.24. The topological polar surface area (TPSA) is 394 Å². The van der Waals surface area contributed by atoms with E-state index in [1.54, 1.807) is 130 Å². The van der Waals surface area contributed by atoms with Crippen molar-refractivity contribution in [1.82, 2.24) is 0 Å². The molecule has 0 saturated carbocycles. The second kappa shape index (κ2) is 44.7. The molecule has 0 radical (unpaired) electrons. The van der Waals surface area contributed by atoms with Gasteiger partial charge in [0.25, 0.3) is 39.9 Å². The van der Waals surface area contributed by atoms with E-state index in [0.717, 1.165) is 91.6 Å². The second-order valence-corrected chi connectivity index (χ2v) is 36.6. The van der Waals surface area contributed by atoms with Gasteiger partial charge in [-0.2, -0.15) is 11.3 Å². The molecular formula is C105H84BrN7O24S4. The Labute approximate surface area is 830 Å². The van der Waals surface area contributed by atoms with Gasteiger partial charge in [0.15, 0.2) is 34.5 Å². The van der Waals surface area contributed by atoms with Crippen LogP contribution in [0, 0.1) is 105 Å². The second-order valence-electron chi connectivity index (χ2n) is 31.9. The van der Waals surface area contributed by atoms with Crippen LogP contribution in [0.2, 0.25) is 0 Å². The van der Waals surface area contributed by atoms with Gasteiger partial charge >= 0.3 is 0 Å². The zero-order valence-electron chi connectivity index (χ0n) is 76.1. The lowest BCUT2D eigenvalue weighted by Crippen LogP contribution is -2.20. The van der Waals surface area contributed by atoms with Crippen LogP contribution in [0.25, 0.3) is 42.5 Å². The quantitative estimate of drug-likeness (QED) is 0.0603. The number of hydrogen-bond acceptors (Lipinski definition) is 28. The molecule has 31 nitrogen and oxygen atoms in total. The number of thiophene rings is 4. The number of nitrogens with zero attached hydrogens (tertiary/aromatic N) is 7. The Morgan fingerprint density at radius 3 is 1.04 bits per heavy atom. The number of hydrogen-bond donors (Lipinski definition) is 0. The highest BCUT2D eigenvalue weighted by atomic mass is 79.9. The van der Waals surface area contributed by atoms with E-state index in [2.05, 4.69) is 15.9 Å². The van der Waals surface area contributed by atoms with E-state index in [0.29, 0.717) is 74.0 Å². The Bertz CT molecular complexity index is 7320. The average molecular weight is 2040 g/mol. The summed E-state index contributed by atoms with van der Waals surface area (Å²) in [6.45, 7) is 9.72. The van der Waals surface area contributed by atoms with Crippen molar-refractivity contribution >= 4 is 104 Å². The first-order chi connectivity index (χ1) is 68.0. The number of fused-ring (bicyclic) bond motifs is 7. The summed E-state index contributed by atoms with van der Waals surface area (Å²) >= 11 is 9.29. The Balaban J connectivity index is 0.000000124. The van der Waals surface area contributed by atoms with Gasteiger partial charge in [0.2, 0.25) is 42.7 Å². The first-order valence-electron chi connectivity index (χ1n) is 43.1. The highest BCUT2D eigenvalue weighted by molar-refractivity contribution is 9.10. The molecule has 14 aromatic rings. The monoisotopic (exact) mass is 2030 g/mol. The number of aryl methyl sites for hydroxylation is 5. The van der Waals surface area contributed by atoms with Gasteiger partial charge in [-0.15, -0.1) is 34.0 Å². The van der Waals surface area contributed by atoms with Crippen LogP contribution in [-0.2, 0) is 0 Å². The summed E-state index contributed by atoms with van der Waals surface area (Å²) in [5, 5.41) is 88.5. The maximum Gasteiger partial charge on any atom is 0.292 e. The maximum atomic E-state index is 11.4. The third kappa shape index (κ3) is 22.8. The molecule has 21 rings (SSSR count). The normalized spacial score (nSPS) is 16.9. The summed E-state index contributed by atoms with van der Waals surface area (Å²) in [5.74, 6) is 6.05. The Morgan fingerprint density at radius 2 is 0.631 bits per heavy atom. The van der Waals surface area contributed by atoms with E-state index >= 15 is 0 Å². The van der Waals surface area contributed by atoms with Gasteiger partial charge in [0, 0.05) is 119 Å². The lowest BCUT2D eigenvalue weighted by molar-refractivity contribution is -0.434. The van der Waals surface area contributed by atoms with Gasteiger partial charge in [-0.25, -0.2) is 0 Å². The average Bonchev–Trinajstić information content (AvgIpc) is 1.69. The molecule has 0 bridgehead atoms. The van der Waals surface area contributed by atoms with Gasteiger partial charge in [-0.1, -0.05) is 197 Å². The molecular weight excluding hydrogens is 1950 g/mol. The maximum absolute atomic E-state index is 11.4. The van der Waals surface area contributed by atoms with Crippen LogP contribution in [0.1, 0.15) is 146 Å². The number of benzene rings is 10. The fourth-order valence-electron chi connectivity index (χ4n) is 15.8. The van der Waals surface area contributed by atoms with Crippen LogP contribution in [0.5, 0.6) is 57.5 Å². The van der Waals surface area contributed by atoms with Crippen molar-refractivity contribution in [3.63, 3.8) is 0 Å². The number of para-hydroxylation sites is 6. The van der Waals surface area contributed by atoms with Crippen molar-refractivity contribution in [3.8, 4) is 57.5 Å². The molecule has 0 saturated heterocycles. The van der Waals surface area contributed by atoms with Gasteiger partial charge in [0.05, 0.1) is 65.5 Å². The Hall–Kier alpha value is -16.5. The predicted molar refractivity (Wildman–Crippen MR) is 541 cm³/mol. The Kier molecular flexibility index (Phi) is 31.4. The first kappa shape index (κ1) is 99.0. The minimum atomic E-state index is -0.751. The molecule has 7 aliphatic heterocycles. The summed E-state index contributed by atoms with van der Waals surface area (Å²) in [6.07, 6.45) is 6.26. The highest BCUT2D eigenvalue weighted by Gasteiger charge is 2.42. The summed E-state index contributed by atoms with van der Waals surface area (Å²) in [4.78, 5) is 79.1. The van der Waals surface area contributed by atoms with Crippen molar-refractivity contribution in [2.24, 2.45) is 0 Å². The van der Waals surface area contributed by atoms with E-state index in [1.807, 2.05) is 256 Å². The molecule has 0 N–H and O–H groups in total. The molecule has 7 atom stereocenters. The number of methoxy groups -OCH3 is 3. The highest BCUT2D eigenvalue weighted by Crippen LogP contribution is 2.50. The van der Waals surface area contributed by atoms with Crippen LogP contribution < -0.4 is 47.4 Å². The van der Waals surface area contributed by atoms with E-state index in [9.17, 15) is 70.8 Å². The molecule has 0 aliphatic carbocycles. The summed E-state index contributed by atoms with van der Waals surface area (Å²) in [7, 11) is 4.65. The molecule has 0 spiro atoms. The number of nitro groups is 7. The zero-order valence-corrected chi connectivity index (χ0v) is 80.9. The van der Waals surface area contributed by atoms with Crippen molar-refractivity contribution in [2.45, 2.75) is 77.3 Å². The van der Waals surface area contributed by atoms with Crippen molar-refractivity contribution in [2.75, 3.05) is 21.3 Å². The molecule has 141 heavy (non-hydrogen) atoms. The predicted octanol–water partition coefficient (Wildman–Crippen LogP) is 26.6. The smallest absolute Gasteiger partial charge is 0.292 e. The van der Waals surface area contributed by atoms with Gasteiger partial charge in [-0.3, -0.25) is 70.8 Å². The van der Waals surface area contributed by atoms with Crippen LogP contribution in [0.4, 0.5) is 0 Å². The van der Waals surface area contributed by atoms with Gasteiger partial charge < -0.3 is 47.4 Å². The van der Waals surface area contributed by atoms with Crippen LogP contribution in [0.3, 0.4) is 0 Å². The molecule has 4 aromatic heterocycles. The lowest BCUT2D eigenvalue weighted by atomic mass is 9.97. The van der Waals surface area contributed by atoms with E-state index in [4.69, 9.17) is 47.4 Å². The number of ether oxygens (including phenoxy) is 10. The molecule has 0 fully saturated rings. The Morgan fingerprint density at radius 1 is 0.284 bits per heavy atom. The third-order valence-corrected chi connectivity index (χ3v) is 26.6. The first-order valence-corrected chi connectivity index (χ1v) is 47.5. The molecule has 36 heteroatoms. The van der Waals surface area contributed by atoms with Crippen molar-refractivity contribution < 1.29 is 81.8 Å². The SMILES string of the molecule is COc1cccc2c1OC(c1ccc(C)cc1)C([N+](=O)[O-])=C2.COc1cccc2c1OC(c1cccs1)C([N+](=O)[O-])=C2.COc1cccc2c1OC(c1csc(C)c1)C([N+](=O)[O-])=C2.Cc1cccc2c1OC(c1ccsc1)C([N+](=O)[O-])=C2.Cc1ccccc1C1Oc2ccc(Br)cc2C=C1[N+](=O)[O-].Cc1ccccc1C1Oc2ccccc2C=C1[N+](=O)[O-].O=[N+]([O-])C1=Cc2ccccc2OC1c1cccs1. The van der Waals surface area contributed by atoms with Crippen molar-refractivity contribution in [3.05, 3.63) is 494 Å². The van der Waals surface area contributed by atoms with E-state index < -0.39 is 52.6 Å². The van der Waals surface area contributed by atoms with Crippen LogP contribution >= 0.6 is 61.3 Å². The fourth-order valence-corrected chi connectivity index (χ4v) is 19.1. The molecule has 11 heterocycles. The molecule has 0 amide bonds. The number of rotatable bonds is 17. The summed E-state index contributed by atoms with van der Waals surface area (Å²) < 4.78 is 57.7. The molecule has 7 unspecified atom stereocenters. The minimum Gasteiger partial charge on any atom is -0.493 e. The van der Waals surface area contributed by atoms with Gasteiger partial charge in [-0.05, 0) is 151 Å². The van der Waals surface area contributed by atoms with Gasteiger partial charge in [0.1, 0.15) is 23.0 Å². The molecule has 714 valence electrons.